The van der Waals surface area contributed by atoms with Gasteiger partial charge in [-0.1, -0.05) is 25.6 Å². The van der Waals surface area contributed by atoms with Gasteiger partial charge in [-0.05, 0) is 24.3 Å². The van der Waals surface area contributed by atoms with Crippen molar-refractivity contribution in [1.82, 2.24) is 0 Å². The molecule has 0 N–H and O–H groups in total. The fraction of sp³-hybridized carbons (Fsp3) is 0.520. The molecular formula is C25H32O10Si. The Kier molecular flexibility index (Phi) is 10.1. The van der Waals surface area contributed by atoms with Crippen molar-refractivity contribution in [2.45, 2.75) is 78.0 Å². The third kappa shape index (κ3) is 9.35. The van der Waals surface area contributed by atoms with E-state index in [9.17, 15) is 19.2 Å². The molecule has 1 aliphatic rings. The summed E-state index contributed by atoms with van der Waals surface area (Å²) in [5.74, 6) is 0.773. The Bertz CT molecular complexity index is 1020. The quantitative estimate of drug-likeness (QED) is 0.229. The molecule has 2 rings (SSSR count). The summed E-state index contributed by atoms with van der Waals surface area (Å²) in [7, 11) is -1.55. The lowest BCUT2D eigenvalue weighted by molar-refractivity contribution is -0.288. The number of carbonyl (C=O) groups is 4. The Labute approximate surface area is 211 Å². The molecule has 0 bridgehead atoms. The van der Waals surface area contributed by atoms with Gasteiger partial charge in [0.05, 0.1) is 0 Å². The van der Waals surface area contributed by atoms with Crippen LogP contribution in [0, 0.1) is 11.5 Å². The number of ether oxygens (including phenoxy) is 6. The number of benzene rings is 1. The van der Waals surface area contributed by atoms with Crippen LogP contribution in [0.4, 0.5) is 0 Å². The summed E-state index contributed by atoms with van der Waals surface area (Å²) < 4.78 is 33.1. The highest BCUT2D eigenvalue weighted by Crippen LogP contribution is 2.31. The Morgan fingerprint density at radius 2 is 1.33 bits per heavy atom. The number of hydrogen-bond donors (Lipinski definition) is 0. The highest BCUT2D eigenvalue weighted by molar-refractivity contribution is 6.83. The molecule has 36 heavy (non-hydrogen) atoms. The predicted molar refractivity (Wildman–Crippen MR) is 129 cm³/mol. The van der Waals surface area contributed by atoms with E-state index in [1.54, 1.807) is 24.3 Å². The van der Waals surface area contributed by atoms with Crippen molar-refractivity contribution in [2.24, 2.45) is 0 Å². The molecule has 0 aromatic heterocycles. The fourth-order valence-electron chi connectivity index (χ4n) is 3.29. The summed E-state index contributed by atoms with van der Waals surface area (Å²) in [5.41, 5.74) is 4.07. The van der Waals surface area contributed by atoms with Crippen molar-refractivity contribution in [2.75, 3.05) is 6.61 Å². The number of rotatable bonds is 7. The first-order valence-electron chi connectivity index (χ1n) is 11.4. The van der Waals surface area contributed by atoms with Gasteiger partial charge < -0.3 is 28.4 Å². The van der Waals surface area contributed by atoms with Gasteiger partial charge >= 0.3 is 23.9 Å². The van der Waals surface area contributed by atoms with Gasteiger partial charge in [0.15, 0.2) is 12.2 Å². The molecule has 5 atom stereocenters. The van der Waals surface area contributed by atoms with E-state index in [2.05, 4.69) is 31.1 Å². The summed E-state index contributed by atoms with van der Waals surface area (Å²) in [5, 5.41) is 0. The fourth-order valence-corrected chi connectivity index (χ4v) is 3.81. The lowest BCUT2D eigenvalue weighted by Crippen LogP contribution is -2.63. The molecule has 1 unspecified atom stereocenters. The smallest absolute Gasteiger partial charge is 0.303 e. The first-order valence-corrected chi connectivity index (χ1v) is 14.9. The largest absolute Gasteiger partial charge is 0.463 e. The monoisotopic (exact) mass is 520 g/mol. The minimum atomic E-state index is -1.55. The minimum Gasteiger partial charge on any atom is -0.463 e. The van der Waals surface area contributed by atoms with Gasteiger partial charge in [-0.2, -0.15) is 0 Å². The van der Waals surface area contributed by atoms with Gasteiger partial charge in [0, 0.05) is 33.3 Å². The van der Waals surface area contributed by atoms with Crippen LogP contribution in [0.2, 0.25) is 19.6 Å². The molecule has 1 heterocycles. The lowest BCUT2D eigenvalue weighted by atomic mass is 9.98. The number of carbonyl (C=O) groups excluding carboxylic acids is 4. The van der Waals surface area contributed by atoms with Gasteiger partial charge in [-0.15, -0.1) is 5.54 Å². The molecule has 1 aromatic carbocycles. The van der Waals surface area contributed by atoms with Gasteiger partial charge in [-0.3, -0.25) is 19.2 Å². The summed E-state index contributed by atoms with van der Waals surface area (Å²) in [6.07, 6.45) is -6.20. The Hall–Kier alpha value is -3.36. The molecule has 10 nitrogen and oxygen atoms in total. The van der Waals surface area contributed by atoms with E-state index >= 15 is 0 Å². The highest BCUT2D eigenvalue weighted by Gasteiger charge is 2.53. The molecule has 196 valence electrons. The van der Waals surface area contributed by atoms with Crippen molar-refractivity contribution in [1.29, 1.82) is 0 Å². The Morgan fingerprint density at radius 1 is 0.806 bits per heavy atom. The lowest BCUT2D eigenvalue weighted by Gasteiger charge is -2.43. The second-order valence-electron chi connectivity index (χ2n) is 9.21. The van der Waals surface area contributed by atoms with E-state index in [-0.39, 0.29) is 6.61 Å². The van der Waals surface area contributed by atoms with Gasteiger partial charge in [0.2, 0.25) is 12.4 Å². The molecule has 1 fully saturated rings. The van der Waals surface area contributed by atoms with E-state index in [1.165, 1.54) is 13.8 Å². The molecule has 0 radical (unpaired) electrons. The maximum Gasteiger partial charge on any atom is 0.303 e. The summed E-state index contributed by atoms with van der Waals surface area (Å²) in [4.78, 5) is 47.0. The van der Waals surface area contributed by atoms with Crippen LogP contribution in [0.3, 0.4) is 0 Å². The maximum atomic E-state index is 11.9. The molecule has 0 aliphatic carbocycles. The molecule has 1 saturated heterocycles. The Balaban J connectivity index is 2.40. The van der Waals surface area contributed by atoms with Crippen molar-refractivity contribution < 1.29 is 47.6 Å². The molecule has 0 saturated carbocycles. The first-order chi connectivity index (χ1) is 16.7. The van der Waals surface area contributed by atoms with Gasteiger partial charge in [-0.25, -0.2) is 0 Å². The summed E-state index contributed by atoms with van der Waals surface area (Å²) in [6, 6.07) is 6.88. The average molecular weight is 521 g/mol. The average Bonchev–Trinajstić information content (AvgIpc) is 2.74. The van der Waals surface area contributed by atoms with Crippen LogP contribution in [0.5, 0.6) is 5.75 Å². The van der Waals surface area contributed by atoms with Gasteiger partial charge in [0.1, 0.15) is 26.5 Å². The zero-order valence-corrected chi connectivity index (χ0v) is 22.5. The van der Waals surface area contributed by atoms with E-state index in [0.717, 1.165) is 19.4 Å². The summed E-state index contributed by atoms with van der Waals surface area (Å²) >= 11 is 0. The van der Waals surface area contributed by atoms with Crippen molar-refractivity contribution in [3.63, 3.8) is 0 Å². The van der Waals surface area contributed by atoms with Crippen LogP contribution in [0.1, 0.15) is 33.3 Å². The maximum absolute atomic E-state index is 11.9. The zero-order chi connectivity index (χ0) is 27.0. The second-order valence-corrected chi connectivity index (χ2v) is 14.0. The molecule has 0 amide bonds. The molecule has 1 aliphatic heterocycles. The van der Waals surface area contributed by atoms with E-state index in [0.29, 0.717) is 5.75 Å². The van der Waals surface area contributed by atoms with E-state index < -0.39 is 62.7 Å². The van der Waals surface area contributed by atoms with Crippen LogP contribution in [0.25, 0.3) is 0 Å². The predicted octanol–water partition coefficient (Wildman–Crippen LogP) is 2.38. The SMILES string of the molecule is CC(=O)OC[C@H]1OC(Oc2ccc(C#C[Si](C)(C)C)cc2)[C@@H](OC(C)=O)[C@@H](OC(C)=O)[C@@H]1OC(C)=O. The molecule has 11 heteroatoms. The van der Waals surface area contributed by atoms with Crippen LogP contribution < -0.4 is 4.74 Å². The normalized spacial score (nSPS) is 23.4. The van der Waals surface area contributed by atoms with Crippen molar-refractivity contribution in [3.05, 3.63) is 29.8 Å². The molecule has 1 aromatic rings. The van der Waals surface area contributed by atoms with Crippen LogP contribution in [0.15, 0.2) is 24.3 Å². The standard InChI is InChI=1S/C25H32O10Si/c1-15(26)30-14-21-22(31-16(2)27)23(32-17(3)28)24(33-18(4)29)25(35-21)34-20-10-8-19(9-11-20)12-13-36(5,6)7/h8-11,21-25H,14H2,1-7H3/t21-,22-,23+,24+,25?/m1/s1. The van der Waals surface area contributed by atoms with Crippen molar-refractivity contribution in [3.8, 4) is 17.2 Å². The van der Waals surface area contributed by atoms with Crippen LogP contribution in [-0.4, -0.2) is 69.3 Å². The van der Waals surface area contributed by atoms with Crippen molar-refractivity contribution >= 4 is 32.0 Å². The Morgan fingerprint density at radius 3 is 1.83 bits per heavy atom. The topological polar surface area (TPSA) is 124 Å². The second kappa shape index (κ2) is 12.6. The summed E-state index contributed by atoms with van der Waals surface area (Å²) in [6.45, 7) is 10.8. The van der Waals surface area contributed by atoms with Gasteiger partial charge in [0.25, 0.3) is 0 Å². The zero-order valence-electron chi connectivity index (χ0n) is 21.5. The molecular weight excluding hydrogens is 488 g/mol. The molecule has 0 spiro atoms. The van der Waals surface area contributed by atoms with E-state index in [1.807, 2.05) is 0 Å². The number of esters is 4. The van der Waals surface area contributed by atoms with E-state index in [4.69, 9.17) is 28.4 Å². The number of hydrogen-bond acceptors (Lipinski definition) is 10. The minimum absolute atomic E-state index is 0.330. The van der Waals surface area contributed by atoms with Crippen LogP contribution >= 0.6 is 0 Å². The van der Waals surface area contributed by atoms with Crippen LogP contribution in [-0.2, 0) is 42.9 Å². The first kappa shape index (κ1) is 28.9. The third-order valence-corrected chi connectivity index (χ3v) is 5.51. The highest BCUT2D eigenvalue weighted by atomic mass is 28.3. The third-order valence-electron chi connectivity index (χ3n) is 4.64.